The van der Waals surface area contributed by atoms with E-state index in [1.54, 1.807) is 0 Å². The van der Waals surface area contributed by atoms with Crippen molar-refractivity contribution in [2.75, 3.05) is 0 Å². The van der Waals surface area contributed by atoms with Gasteiger partial charge in [-0.3, -0.25) is 0 Å². The highest BCUT2D eigenvalue weighted by molar-refractivity contribution is 7.85. The van der Waals surface area contributed by atoms with Crippen molar-refractivity contribution >= 4 is 12.6 Å². The van der Waals surface area contributed by atoms with Crippen LogP contribution in [0.4, 0.5) is 0 Å². The van der Waals surface area contributed by atoms with Crippen molar-refractivity contribution in [2.24, 2.45) is 0 Å². The standard InChI is InChI=1S/C9H8S/c10-8-4-7-9-5-2-1-3-6-9/h1-3,5-6,10H,7H2. The van der Waals surface area contributed by atoms with Gasteiger partial charge in [-0.1, -0.05) is 48.9 Å². The molecule has 0 saturated carbocycles. The van der Waals surface area contributed by atoms with E-state index in [2.05, 4.69) is 35.9 Å². The first-order valence-corrected chi connectivity index (χ1v) is 3.54. The minimum Gasteiger partial charge on any atom is -0.0922 e. The van der Waals surface area contributed by atoms with Crippen molar-refractivity contribution in [3.63, 3.8) is 0 Å². The van der Waals surface area contributed by atoms with E-state index in [4.69, 9.17) is 0 Å². The van der Waals surface area contributed by atoms with Crippen LogP contribution in [0.15, 0.2) is 30.3 Å². The Hall–Kier alpha value is -0.870. The first-order chi connectivity index (χ1) is 4.93. The number of rotatable bonds is 1. The summed E-state index contributed by atoms with van der Waals surface area (Å²) in [4.78, 5) is 0. The molecule has 0 spiro atoms. The Morgan fingerprint density at radius 2 is 1.90 bits per heavy atom. The van der Waals surface area contributed by atoms with Crippen LogP contribution in [-0.2, 0) is 6.42 Å². The van der Waals surface area contributed by atoms with Crippen LogP contribution in [0, 0.1) is 11.2 Å². The second-order valence-electron chi connectivity index (χ2n) is 1.95. The number of thiol groups is 1. The Morgan fingerprint density at radius 1 is 1.20 bits per heavy atom. The molecule has 0 saturated heterocycles. The molecule has 1 rings (SSSR count). The molecule has 0 unspecified atom stereocenters. The SMILES string of the molecule is SC#CCc1ccccc1. The lowest BCUT2D eigenvalue weighted by Crippen LogP contribution is -1.77. The molecule has 1 aromatic carbocycles. The average Bonchev–Trinajstić information content (AvgIpc) is 2.03. The molecular weight excluding hydrogens is 140 g/mol. The Bertz CT molecular complexity index is 240. The van der Waals surface area contributed by atoms with Crippen molar-refractivity contribution in [2.45, 2.75) is 6.42 Å². The Labute approximate surface area is 66.7 Å². The number of benzene rings is 1. The third-order valence-electron chi connectivity index (χ3n) is 1.21. The monoisotopic (exact) mass is 148 g/mol. The predicted molar refractivity (Wildman–Crippen MR) is 46.9 cm³/mol. The van der Waals surface area contributed by atoms with Gasteiger partial charge >= 0.3 is 0 Å². The van der Waals surface area contributed by atoms with E-state index < -0.39 is 0 Å². The fourth-order valence-corrected chi connectivity index (χ4v) is 0.817. The normalized spacial score (nSPS) is 8.10. The molecule has 0 nitrogen and oxygen atoms in total. The van der Waals surface area contributed by atoms with E-state index in [-0.39, 0.29) is 0 Å². The summed E-state index contributed by atoms with van der Waals surface area (Å²) in [5.74, 6) is 2.88. The van der Waals surface area contributed by atoms with E-state index in [0.29, 0.717) is 0 Å². The Balaban J connectivity index is 2.64. The topological polar surface area (TPSA) is 0 Å². The predicted octanol–water partition coefficient (Wildman–Crippen LogP) is 2.12. The average molecular weight is 148 g/mol. The molecule has 0 fully saturated rings. The van der Waals surface area contributed by atoms with Crippen LogP contribution in [0.2, 0.25) is 0 Å². The number of hydrogen-bond donors (Lipinski definition) is 1. The summed E-state index contributed by atoms with van der Waals surface area (Å²) < 4.78 is 0. The van der Waals surface area contributed by atoms with E-state index in [1.165, 1.54) is 5.56 Å². The summed E-state index contributed by atoms with van der Waals surface area (Å²) >= 11 is 3.79. The molecule has 1 aromatic rings. The van der Waals surface area contributed by atoms with Gasteiger partial charge in [0.1, 0.15) is 0 Å². The third-order valence-corrected chi connectivity index (χ3v) is 1.37. The molecule has 0 aliphatic heterocycles. The quantitative estimate of drug-likeness (QED) is 0.457. The third kappa shape index (κ3) is 2.16. The van der Waals surface area contributed by atoms with Crippen molar-refractivity contribution in [3.8, 4) is 11.2 Å². The van der Waals surface area contributed by atoms with Crippen molar-refractivity contribution in [3.05, 3.63) is 35.9 Å². The summed E-state index contributed by atoms with van der Waals surface area (Å²) in [5.41, 5.74) is 1.24. The van der Waals surface area contributed by atoms with Gasteiger partial charge in [-0.25, -0.2) is 0 Å². The number of hydrogen-bond acceptors (Lipinski definition) is 1. The fourth-order valence-electron chi connectivity index (χ4n) is 0.737. The Kier molecular flexibility index (Phi) is 2.92. The van der Waals surface area contributed by atoms with Gasteiger partial charge in [-0.2, -0.15) is 0 Å². The highest BCUT2D eigenvalue weighted by Crippen LogP contribution is 1.97. The van der Waals surface area contributed by atoms with Crippen molar-refractivity contribution in [1.29, 1.82) is 0 Å². The maximum Gasteiger partial charge on any atom is 0.0349 e. The maximum atomic E-state index is 3.79. The van der Waals surface area contributed by atoms with Crippen molar-refractivity contribution in [1.82, 2.24) is 0 Å². The molecule has 0 aliphatic rings. The molecule has 0 aliphatic carbocycles. The summed E-state index contributed by atoms with van der Waals surface area (Å²) in [7, 11) is 0. The molecule has 0 amide bonds. The minimum atomic E-state index is 0.796. The maximum absolute atomic E-state index is 3.79. The van der Waals surface area contributed by atoms with Gasteiger partial charge in [-0.05, 0) is 10.8 Å². The smallest absolute Gasteiger partial charge is 0.0349 e. The van der Waals surface area contributed by atoms with Gasteiger partial charge in [0, 0.05) is 6.42 Å². The van der Waals surface area contributed by atoms with Gasteiger partial charge in [0.2, 0.25) is 0 Å². The van der Waals surface area contributed by atoms with Crippen LogP contribution < -0.4 is 0 Å². The Morgan fingerprint density at radius 3 is 2.50 bits per heavy atom. The molecule has 0 atom stereocenters. The lowest BCUT2D eigenvalue weighted by atomic mass is 10.2. The highest BCUT2D eigenvalue weighted by Gasteiger charge is 1.83. The van der Waals surface area contributed by atoms with Gasteiger partial charge in [0.25, 0.3) is 0 Å². The zero-order chi connectivity index (χ0) is 7.23. The summed E-state index contributed by atoms with van der Waals surface area (Å²) in [6.45, 7) is 0. The second kappa shape index (κ2) is 4.03. The summed E-state index contributed by atoms with van der Waals surface area (Å²) in [6, 6.07) is 10.1. The largest absolute Gasteiger partial charge is 0.0922 e. The van der Waals surface area contributed by atoms with Crippen LogP contribution in [0.5, 0.6) is 0 Å². The van der Waals surface area contributed by atoms with Gasteiger partial charge < -0.3 is 0 Å². The summed E-state index contributed by atoms with van der Waals surface area (Å²) in [5, 5.41) is 2.56. The zero-order valence-corrected chi connectivity index (χ0v) is 6.44. The van der Waals surface area contributed by atoms with E-state index in [0.717, 1.165) is 6.42 Å². The fraction of sp³-hybridized carbons (Fsp3) is 0.111. The highest BCUT2D eigenvalue weighted by atomic mass is 32.1. The van der Waals surface area contributed by atoms with Crippen LogP contribution >= 0.6 is 12.6 Å². The summed E-state index contributed by atoms with van der Waals surface area (Å²) in [6.07, 6.45) is 0.796. The molecule has 1 heteroatoms. The van der Waals surface area contributed by atoms with E-state index >= 15 is 0 Å². The van der Waals surface area contributed by atoms with Crippen LogP contribution in [0.3, 0.4) is 0 Å². The minimum absolute atomic E-state index is 0.796. The lowest BCUT2D eigenvalue weighted by Gasteiger charge is -1.89. The van der Waals surface area contributed by atoms with E-state index in [1.807, 2.05) is 18.2 Å². The second-order valence-corrected chi connectivity index (χ2v) is 2.17. The van der Waals surface area contributed by atoms with E-state index in [9.17, 15) is 0 Å². The first kappa shape index (κ1) is 7.24. The van der Waals surface area contributed by atoms with Crippen LogP contribution in [-0.4, -0.2) is 0 Å². The molecule has 0 aromatic heterocycles. The van der Waals surface area contributed by atoms with Gasteiger partial charge in [0.05, 0.1) is 0 Å². The zero-order valence-electron chi connectivity index (χ0n) is 5.54. The molecule has 0 heterocycles. The molecule has 10 heavy (non-hydrogen) atoms. The van der Waals surface area contributed by atoms with Gasteiger partial charge in [-0.15, -0.1) is 0 Å². The molecular formula is C9H8S. The van der Waals surface area contributed by atoms with Gasteiger partial charge in [0.15, 0.2) is 0 Å². The van der Waals surface area contributed by atoms with Crippen molar-refractivity contribution < 1.29 is 0 Å². The molecule has 0 N–H and O–H groups in total. The lowest BCUT2D eigenvalue weighted by molar-refractivity contribution is 1.32. The molecule has 0 bridgehead atoms. The molecule has 50 valence electrons. The molecule has 0 radical (unpaired) electrons. The van der Waals surface area contributed by atoms with Crippen LogP contribution in [0.1, 0.15) is 5.56 Å². The van der Waals surface area contributed by atoms with Crippen LogP contribution in [0.25, 0.3) is 0 Å². The first-order valence-electron chi connectivity index (χ1n) is 3.09.